The second-order valence-electron chi connectivity index (χ2n) is 4.16. The molecular formula is C11H18N4O2. The summed E-state index contributed by atoms with van der Waals surface area (Å²) in [5.74, 6) is 0.460. The monoisotopic (exact) mass is 238 g/mol. The van der Waals surface area contributed by atoms with Crippen molar-refractivity contribution in [2.45, 2.75) is 19.4 Å². The summed E-state index contributed by atoms with van der Waals surface area (Å²) >= 11 is 0. The normalized spacial score (nSPS) is 23.8. The molecule has 1 fully saturated rings. The fourth-order valence-electron chi connectivity index (χ4n) is 1.89. The molecule has 0 aliphatic carbocycles. The molecule has 2 heterocycles. The molecule has 0 saturated carbocycles. The number of ether oxygens (including phenoxy) is 1. The fourth-order valence-corrected chi connectivity index (χ4v) is 1.89. The Balaban J connectivity index is 1.89. The van der Waals surface area contributed by atoms with E-state index >= 15 is 0 Å². The Morgan fingerprint density at radius 2 is 2.53 bits per heavy atom. The first kappa shape index (κ1) is 12.1. The number of rotatable bonds is 5. The third kappa shape index (κ3) is 3.04. The Labute approximate surface area is 100 Å². The summed E-state index contributed by atoms with van der Waals surface area (Å²) in [7, 11) is 0. The van der Waals surface area contributed by atoms with Crippen LogP contribution in [-0.2, 0) is 9.53 Å². The molecule has 1 aliphatic rings. The van der Waals surface area contributed by atoms with Gasteiger partial charge in [-0.1, -0.05) is 6.92 Å². The van der Waals surface area contributed by atoms with Crippen molar-refractivity contribution in [3.05, 3.63) is 12.3 Å². The Morgan fingerprint density at radius 3 is 3.24 bits per heavy atom. The van der Waals surface area contributed by atoms with Crippen LogP contribution >= 0.6 is 0 Å². The number of nitrogens with zero attached hydrogens (tertiary/aromatic N) is 1. The lowest BCUT2D eigenvalue weighted by atomic mass is 10.0. The number of carbonyl (C=O) groups excluding carboxylic acids is 1. The standard InChI is InChI=1S/C11H18N4O2/c1-2-4-12-9-7-17-6-8(9)11(16)14-10-3-5-13-15-10/h3,5,8-9,12H,2,4,6-7H2,1H3,(H2,13,14,15,16). The molecule has 0 aromatic carbocycles. The lowest BCUT2D eigenvalue weighted by molar-refractivity contribution is -0.120. The highest BCUT2D eigenvalue weighted by atomic mass is 16.5. The van der Waals surface area contributed by atoms with Gasteiger partial charge in [0.25, 0.3) is 0 Å². The zero-order valence-electron chi connectivity index (χ0n) is 9.90. The highest BCUT2D eigenvalue weighted by Gasteiger charge is 2.33. The largest absolute Gasteiger partial charge is 0.379 e. The van der Waals surface area contributed by atoms with Crippen LogP contribution in [0.25, 0.3) is 0 Å². The van der Waals surface area contributed by atoms with Crippen molar-refractivity contribution in [3.8, 4) is 0 Å². The molecule has 0 bridgehead atoms. The highest BCUT2D eigenvalue weighted by Crippen LogP contribution is 2.15. The van der Waals surface area contributed by atoms with Crippen molar-refractivity contribution in [1.82, 2.24) is 15.5 Å². The zero-order chi connectivity index (χ0) is 12.1. The maximum atomic E-state index is 12.0. The SMILES string of the molecule is CCCNC1COCC1C(=O)Nc1ccn[nH]1. The number of nitrogens with one attached hydrogen (secondary N) is 3. The minimum atomic E-state index is -0.134. The molecule has 1 aliphatic heterocycles. The first-order valence-electron chi connectivity index (χ1n) is 5.92. The number of aromatic amines is 1. The van der Waals surface area contributed by atoms with E-state index < -0.39 is 0 Å². The van der Waals surface area contributed by atoms with E-state index in [1.165, 1.54) is 0 Å². The summed E-state index contributed by atoms with van der Waals surface area (Å²) in [4.78, 5) is 12.0. The summed E-state index contributed by atoms with van der Waals surface area (Å²) in [5, 5.41) is 12.6. The molecular weight excluding hydrogens is 220 g/mol. The molecule has 3 N–H and O–H groups in total. The zero-order valence-corrected chi connectivity index (χ0v) is 9.90. The van der Waals surface area contributed by atoms with Crippen LogP contribution in [0.1, 0.15) is 13.3 Å². The van der Waals surface area contributed by atoms with Crippen LogP contribution < -0.4 is 10.6 Å². The summed E-state index contributed by atoms with van der Waals surface area (Å²) in [5.41, 5.74) is 0. The lowest BCUT2D eigenvalue weighted by Gasteiger charge is -2.17. The van der Waals surface area contributed by atoms with Gasteiger partial charge < -0.3 is 15.4 Å². The van der Waals surface area contributed by atoms with Gasteiger partial charge in [-0.3, -0.25) is 9.89 Å². The Bertz CT molecular complexity index is 352. The van der Waals surface area contributed by atoms with Gasteiger partial charge in [-0.2, -0.15) is 5.10 Å². The van der Waals surface area contributed by atoms with Gasteiger partial charge in [0, 0.05) is 12.1 Å². The molecule has 1 amide bonds. The molecule has 2 atom stereocenters. The van der Waals surface area contributed by atoms with Gasteiger partial charge in [0.2, 0.25) is 5.91 Å². The fraction of sp³-hybridized carbons (Fsp3) is 0.636. The van der Waals surface area contributed by atoms with E-state index in [0.717, 1.165) is 13.0 Å². The molecule has 0 radical (unpaired) electrons. The Hall–Kier alpha value is -1.40. The predicted molar refractivity (Wildman–Crippen MR) is 63.6 cm³/mol. The Morgan fingerprint density at radius 1 is 1.65 bits per heavy atom. The average Bonchev–Trinajstić information content (AvgIpc) is 2.96. The van der Waals surface area contributed by atoms with E-state index in [4.69, 9.17) is 4.74 Å². The van der Waals surface area contributed by atoms with Crippen molar-refractivity contribution in [2.75, 3.05) is 25.1 Å². The Kier molecular flexibility index (Phi) is 4.11. The molecule has 17 heavy (non-hydrogen) atoms. The summed E-state index contributed by atoms with van der Waals surface area (Å²) in [6.07, 6.45) is 2.65. The smallest absolute Gasteiger partial charge is 0.232 e. The third-order valence-electron chi connectivity index (χ3n) is 2.83. The number of aromatic nitrogens is 2. The summed E-state index contributed by atoms with van der Waals surface area (Å²) in [6.45, 7) is 4.08. The predicted octanol–water partition coefficient (Wildman–Crippen LogP) is 0.363. The van der Waals surface area contributed by atoms with Crippen LogP contribution in [0.3, 0.4) is 0 Å². The summed E-state index contributed by atoms with van der Waals surface area (Å²) in [6, 6.07) is 1.83. The summed E-state index contributed by atoms with van der Waals surface area (Å²) < 4.78 is 5.36. The van der Waals surface area contributed by atoms with Crippen molar-refractivity contribution in [2.24, 2.45) is 5.92 Å². The quantitative estimate of drug-likeness (QED) is 0.692. The van der Waals surface area contributed by atoms with E-state index in [-0.39, 0.29) is 17.9 Å². The van der Waals surface area contributed by atoms with Crippen LogP contribution in [-0.4, -0.2) is 41.9 Å². The minimum Gasteiger partial charge on any atom is -0.379 e. The molecule has 0 spiro atoms. The third-order valence-corrected chi connectivity index (χ3v) is 2.83. The number of hydrogen-bond acceptors (Lipinski definition) is 4. The number of carbonyl (C=O) groups is 1. The van der Waals surface area contributed by atoms with Crippen molar-refractivity contribution >= 4 is 11.7 Å². The van der Waals surface area contributed by atoms with E-state index in [1.807, 2.05) is 0 Å². The van der Waals surface area contributed by atoms with Gasteiger partial charge >= 0.3 is 0 Å². The van der Waals surface area contributed by atoms with Gasteiger partial charge in [0.15, 0.2) is 0 Å². The van der Waals surface area contributed by atoms with Crippen LogP contribution in [0.4, 0.5) is 5.82 Å². The van der Waals surface area contributed by atoms with E-state index in [0.29, 0.717) is 19.0 Å². The van der Waals surface area contributed by atoms with Crippen molar-refractivity contribution in [3.63, 3.8) is 0 Å². The van der Waals surface area contributed by atoms with Crippen LogP contribution in [0.15, 0.2) is 12.3 Å². The maximum absolute atomic E-state index is 12.0. The first-order chi connectivity index (χ1) is 8.31. The molecule has 2 unspecified atom stereocenters. The molecule has 94 valence electrons. The van der Waals surface area contributed by atoms with Gasteiger partial charge in [0.1, 0.15) is 5.82 Å². The molecule has 2 rings (SSSR count). The van der Waals surface area contributed by atoms with Gasteiger partial charge in [-0.25, -0.2) is 0 Å². The van der Waals surface area contributed by atoms with Crippen LogP contribution in [0, 0.1) is 5.92 Å². The van der Waals surface area contributed by atoms with Crippen LogP contribution in [0.2, 0.25) is 0 Å². The highest BCUT2D eigenvalue weighted by molar-refractivity contribution is 5.92. The number of H-pyrrole nitrogens is 1. The average molecular weight is 238 g/mol. The second-order valence-corrected chi connectivity index (χ2v) is 4.16. The molecule has 1 aromatic rings. The van der Waals surface area contributed by atoms with E-state index in [1.54, 1.807) is 12.3 Å². The minimum absolute atomic E-state index is 0.0275. The van der Waals surface area contributed by atoms with Gasteiger partial charge in [0.05, 0.1) is 25.3 Å². The van der Waals surface area contributed by atoms with E-state index in [9.17, 15) is 4.79 Å². The topological polar surface area (TPSA) is 79.0 Å². The second kappa shape index (κ2) is 5.79. The maximum Gasteiger partial charge on any atom is 0.232 e. The number of anilines is 1. The lowest BCUT2D eigenvalue weighted by Crippen LogP contribution is -2.41. The molecule has 6 nitrogen and oxygen atoms in total. The number of hydrogen-bond donors (Lipinski definition) is 3. The molecule has 1 saturated heterocycles. The van der Waals surface area contributed by atoms with Crippen molar-refractivity contribution in [1.29, 1.82) is 0 Å². The van der Waals surface area contributed by atoms with Gasteiger partial charge in [-0.05, 0) is 13.0 Å². The van der Waals surface area contributed by atoms with E-state index in [2.05, 4.69) is 27.8 Å². The van der Waals surface area contributed by atoms with Crippen molar-refractivity contribution < 1.29 is 9.53 Å². The first-order valence-corrected chi connectivity index (χ1v) is 5.92. The van der Waals surface area contributed by atoms with Crippen LogP contribution in [0.5, 0.6) is 0 Å². The molecule has 6 heteroatoms. The van der Waals surface area contributed by atoms with Gasteiger partial charge in [-0.15, -0.1) is 0 Å². The number of amides is 1. The molecule has 1 aromatic heterocycles.